The summed E-state index contributed by atoms with van der Waals surface area (Å²) in [5.41, 5.74) is 0. The number of rotatable bonds is 6. The predicted octanol–water partition coefficient (Wildman–Crippen LogP) is -0.119. The van der Waals surface area contributed by atoms with Crippen LogP contribution in [0, 0.1) is 0 Å². The molecule has 0 aromatic heterocycles. The van der Waals surface area contributed by atoms with Crippen molar-refractivity contribution in [1.82, 2.24) is 5.32 Å². The minimum Gasteiger partial charge on any atom is -0.346 e. The molecule has 0 aliphatic heterocycles. The fourth-order valence-electron chi connectivity index (χ4n) is 0.784. The molecule has 4 nitrogen and oxygen atoms in total. The first kappa shape index (κ1) is 10.8. The van der Waals surface area contributed by atoms with Gasteiger partial charge in [0.2, 0.25) is 12.2 Å². The van der Waals surface area contributed by atoms with Crippen LogP contribution in [0.2, 0.25) is 0 Å². The molecule has 1 unspecified atom stereocenters. The van der Waals surface area contributed by atoms with Crippen molar-refractivity contribution in [2.45, 2.75) is 32.2 Å². The zero-order valence-corrected chi connectivity index (χ0v) is 6.92. The van der Waals surface area contributed by atoms with Crippen molar-refractivity contribution in [3.8, 4) is 0 Å². The van der Waals surface area contributed by atoms with Crippen LogP contribution in [0.1, 0.15) is 26.2 Å². The average Bonchev–Trinajstić information content (AvgIpc) is 2.02. The van der Waals surface area contributed by atoms with Gasteiger partial charge in [-0.25, -0.2) is 0 Å². The molecule has 0 saturated carbocycles. The number of hydrogen-bond donors (Lipinski definition) is 1. The van der Waals surface area contributed by atoms with E-state index in [4.69, 9.17) is 0 Å². The predicted molar refractivity (Wildman–Crippen MR) is 42.8 cm³/mol. The van der Waals surface area contributed by atoms with E-state index in [9.17, 15) is 14.4 Å². The first-order valence-electron chi connectivity index (χ1n) is 3.70. The van der Waals surface area contributed by atoms with E-state index in [1.165, 1.54) is 6.92 Å². The molecule has 1 atom stereocenters. The third kappa shape index (κ3) is 5.58. The van der Waals surface area contributed by atoms with Gasteiger partial charge in [-0.3, -0.25) is 14.4 Å². The molecule has 0 bridgehead atoms. The second-order valence-electron chi connectivity index (χ2n) is 2.41. The molecule has 0 saturated heterocycles. The lowest BCUT2D eigenvalue weighted by Gasteiger charge is -2.07. The summed E-state index contributed by atoms with van der Waals surface area (Å²) in [6.07, 6.45) is 4.67. The van der Waals surface area contributed by atoms with Crippen LogP contribution in [0.25, 0.3) is 0 Å². The molecule has 1 N–H and O–H groups in total. The molecule has 0 rings (SSSR count). The van der Waals surface area contributed by atoms with Crippen LogP contribution in [0.15, 0.2) is 0 Å². The highest BCUT2D eigenvalue weighted by Gasteiger charge is 2.08. The summed E-state index contributed by atoms with van der Waals surface area (Å²) in [4.78, 5) is 30.5. The molecule has 0 aromatic carbocycles. The van der Waals surface area contributed by atoms with Gasteiger partial charge in [-0.05, 0) is 12.8 Å². The lowest BCUT2D eigenvalue weighted by Crippen LogP contribution is -2.34. The van der Waals surface area contributed by atoms with Crippen LogP contribution < -0.4 is 5.32 Å². The Balaban J connectivity index is 3.59. The van der Waals surface area contributed by atoms with Crippen LogP contribution in [-0.4, -0.2) is 24.5 Å². The number of hydrogen-bond acceptors (Lipinski definition) is 3. The molecule has 0 aromatic rings. The monoisotopic (exact) mass is 169 g/mol. The van der Waals surface area contributed by atoms with Gasteiger partial charge in [0.05, 0.1) is 6.04 Å². The summed E-state index contributed by atoms with van der Waals surface area (Å²) in [7, 11) is 0. The van der Waals surface area contributed by atoms with E-state index in [-0.39, 0.29) is 12.3 Å². The Hall–Kier alpha value is -1.19. The Labute approximate surface area is 71.3 Å². The molecule has 12 heavy (non-hydrogen) atoms. The Morgan fingerprint density at radius 1 is 1.50 bits per heavy atom. The van der Waals surface area contributed by atoms with Gasteiger partial charge < -0.3 is 5.32 Å². The van der Waals surface area contributed by atoms with E-state index < -0.39 is 6.04 Å². The second kappa shape index (κ2) is 6.52. The quantitative estimate of drug-likeness (QED) is 0.564. The minimum atomic E-state index is -0.587. The van der Waals surface area contributed by atoms with E-state index in [1.807, 2.05) is 0 Å². The number of carbonyl (C=O) groups excluding carboxylic acids is 3. The van der Waals surface area contributed by atoms with Gasteiger partial charge in [-0.1, -0.05) is 0 Å². The molecule has 0 fully saturated rings. The van der Waals surface area contributed by atoms with Gasteiger partial charge in [-0.2, -0.15) is 0 Å². The van der Waals surface area contributed by atoms with E-state index in [0.717, 1.165) is 0 Å². The van der Waals surface area contributed by atoms with E-state index >= 15 is 0 Å². The van der Waals surface area contributed by atoms with E-state index in [0.29, 0.717) is 12.8 Å². The lowest BCUT2D eigenvalue weighted by molar-refractivity contribution is -0.119. The maximum Gasteiger partial charge on any atom is 0.222 e. The summed E-state index contributed by atoms with van der Waals surface area (Å²) in [5, 5.41) is 2.40. The summed E-state index contributed by atoms with van der Waals surface area (Å²) < 4.78 is 0. The molecule has 0 spiro atoms. The maximum absolute atomic E-state index is 10.5. The molecule has 4 heteroatoms. The maximum atomic E-state index is 10.5. The van der Waals surface area contributed by atoms with Crippen molar-refractivity contribution in [3.63, 3.8) is 0 Å². The lowest BCUT2D eigenvalue weighted by atomic mass is 10.1. The molecule has 0 heterocycles. The third-order valence-electron chi connectivity index (χ3n) is 1.29. The molecular formula is C8H11NO3. The molecule has 0 aliphatic rings. The van der Waals surface area contributed by atoms with Gasteiger partial charge in [0.25, 0.3) is 0 Å². The topological polar surface area (TPSA) is 63.2 Å². The highest BCUT2D eigenvalue weighted by molar-refractivity contribution is 5.77. The van der Waals surface area contributed by atoms with Crippen molar-refractivity contribution >= 4 is 18.5 Å². The molecule has 66 valence electrons. The Morgan fingerprint density at radius 2 is 2.17 bits per heavy atom. The summed E-state index contributed by atoms with van der Waals surface area (Å²) in [6, 6.07) is -0.587. The number of nitrogens with one attached hydrogen (secondary N) is 1. The largest absolute Gasteiger partial charge is 0.346 e. The number of unbranched alkanes of at least 4 members (excludes halogenated alkanes) is 1. The number of amides is 1. The van der Waals surface area contributed by atoms with Gasteiger partial charge in [0, 0.05) is 13.3 Å². The molecule has 2 radical (unpaired) electrons. The zero-order valence-electron chi connectivity index (χ0n) is 6.92. The smallest absolute Gasteiger partial charge is 0.222 e. The fraction of sp³-hybridized carbons (Fsp3) is 0.625. The first-order chi connectivity index (χ1) is 5.70. The van der Waals surface area contributed by atoms with Crippen molar-refractivity contribution in [2.24, 2.45) is 0 Å². The van der Waals surface area contributed by atoms with Crippen LogP contribution >= 0.6 is 0 Å². The normalized spacial score (nSPS) is 11.8. The third-order valence-corrected chi connectivity index (χ3v) is 1.29. The van der Waals surface area contributed by atoms with Crippen LogP contribution in [0.4, 0.5) is 0 Å². The van der Waals surface area contributed by atoms with Crippen molar-refractivity contribution in [2.75, 3.05) is 0 Å². The molecule has 0 aliphatic carbocycles. The van der Waals surface area contributed by atoms with Crippen molar-refractivity contribution in [3.05, 3.63) is 0 Å². The van der Waals surface area contributed by atoms with Crippen LogP contribution in [0.3, 0.4) is 0 Å². The van der Waals surface area contributed by atoms with Gasteiger partial charge in [0.1, 0.15) is 0 Å². The van der Waals surface area contributed by atoms with Gasteiger partial charge in [0.15, 0.2) is 6.29 Å². The fourth-order valence-corrected chi connectivity index (χ4v) is 0.784. The zero-order chi connectivity index (χ0) is 9.40. The van der Waals surface area contributed by atoms with E-state index in [2.05, 4.69) is 5.32 Å². The van der Waals surface area contributed by atoms with Crippen molar-refractivity contribution in [1.29, 1.82) is 0 Å². The Bertz CT molecular complexity index is 168. The van der Waals surface area contributed by atoms with Crippen LogP contribution in [-0.2, 0) is 14.4 Å². The Kier molecular flexibility index (Phi) is 5.87. The summed E-state index contributed by atoms with van der Waals surface area (Å²) >= 11 is 0. The van der Waals surface area contributed by atoms with Gasteiger partial charge >= 0.3 is 0 Å². The average molecular weight is 169 g/mol. The second-order valence-corrected chi connectivity index (χ2v) is 2.41. The van der Waals surface area contributed by atoms with Crippen LogP contribution in [0.5, 0.6) is 0 Å². The van der Waals surface area contributed by atoms with Gasteiger partial charge in [-0.15, -0.1) is 0 Å². The summed E-state index contributed by atoms with van der Waals surface area (Å²) in [6.45, 7) is 1.33. The minimum absolute atomic E-state index is 0.265. The summed E-state index contributed by atoms with van der Waals surface area (Å²) in [5.74, 6) is -0.265. The van der Waals surface area contributed by atoms with Crippen molar-refractivity contribution < 1.29 is 14.4 Å². The Morgan fingerprint density at radius 3 is 2.58 bits per heavy atom. The highest BCUT2D eigenvalue weighted by Crippen LogP contribution is 1.96. The standard InChI is InChI=1S/C8H11NO3/c1-7(12)9-8(6-11)4-2-3-5-10/h8H,2-4H2,1H3,(H,9,12). The first-order valence-corrected chi connectivity index (χ1v) is 3.70. The van der Waals surface area contributed by atoms with E-state index in [1.54, 1.807) is 12.6 Å². The highest BCUT2D eigenvalue weighted by atomic mass is 16.2. The molecule has 1 amide bonds. The SMILES string of the molecule is CC(=O)NC([C]=O)CCC[C]=O. The number of carbonyl (C=O) groups is 1. The molecular weight excluding hydrogens is 158 g/mol.